The lowest BCUT2D eigenvalue weighted by molar-refractivity contribution is -0.598. The first-order valence-corrected chi connectivity index (χ1v) is 10.5. The second-order valence-electron chi connectivity index (χ2n) is 9.28. The first-order valence-electron chi connectivity index (χ1n) is 9.11. The Morgan fingerprint density at radius 1 is 0.963 bits per heavy atom. The van der Waals surface area contributed by atoms with E-state index in [1.54, 1.807) is 32.6 Å². The van der Waals surface area contributed by atoms with Crippen molar-refractivity contribution >= 4 is 10.0 Å². The SMILES string of the molecule is Cc1ncc(-[n+]2cc(C(C)(C)C)cc(S(=O)(=O)N(C)C)c2)cc1C(C)(C)C. The fraction of sp³-hybridized carbons (Fsp3) is 0.524. The molecule has 0 saturated heterocycles. The van der Waals surface area contributed by atoms with Crippen LogP contribution < -0.4 is 4.57 Å². The molecule has 2 aromatic rings. The van der Waals surface area contributed by atoms with E-state index in [1.807, 2.05) is 17.7 Å². The number of aromatic nitrogens is 2. The van der Waals surface area contributed by atoms with Crippen molar-refractivity contribution in [2.45, 2.75) is 64.2 Å². The summed E-state index contributed by atoms with van der Waals surface area (Å²) in [6, 6.07) is 3.86. The zero-order valence-corrected chi connectivity index (χ0v) is 18.8. The molecule has 0 bridgehead atoms. The maximum Gasteiger partial charge on any atom is 0.248 e. The van der Waals surface area contributed by atoms with Crippen LogP contribution in [-0.2, 0) is 20.9 Å². The molecule has 5 nitrogen and oxygen atoms in total. The van der Waals surface area contributed by atoms with Gasteiger partial charge in [-0.05, 0) is 29.4 Å². The van der Waals surface area contributed by atoms with Gasteiger partial charge in [0.05, 0.1) is 6.20 Å². The molecule has 0 amide bonds. The van der Waals surface area contributed by atoms with Gasteiger partial charge in [-0.15, -0.1) is 0 Å². The van der Waals surface area contributed by atoms with Crippen molar-refractivity contribution in [2.75, 3.05) is 14.1 Å². The maximum atomic E-state index is 12.8. The highest BCUT2D eigenvalue weighted by molar-refractivity contribution is 7.89. The summed E-state index contributed by atoms with van der Waals surface area (Å²) in [5.41, 5.74) is 3.69. The number of nitrogens with zero attached hydrogens (tertiary/aromatic N) is 3. The molecule has 0 N–H and O–H groups in total. The average molecular weight is 391 g/mol. The second kappa shape index (κ2) is 6.99. The smallest absolute Gasteiger partial charge is 0.248 e. The predicted molar refractivity (Wildman–Crippen MR) is 109 cm³/mol. The van der Waals surface area contributed by atoms with Crippen molar-refractivity contribution < 1.29 is 13.0 Å². The number of rotatable bonds is 3. The molecule has 0 aliphatic heterocycles. The van der Waals surface area contributed by atoms with E-state index in [2.05, 4.69) is 52.6 Å². The zero-order chi connectivity index (χ0) is 20.8. The molecule has 6 heteroatoms. The fourth-order valence-electron chi connectivity index (χ4n) is 2.89. The molecule has 0 radical (unpaired) electrons. The van der Waals surface area contributed by atoms with E-state index >= 15 is 0 Å². The molecule has 0 atom stereocenters. The van der Waals surface area contributed by atoms with Crippen molar-refractivity contribution in [2.24, 2.45) is 0 Å². The minimum Gasteiger partial charge on any atom is -0.254 e. The monoisotopic (exact) mass is 390 g/mol. The predicted octanol–water partition coefficient (Wildman–Crippen LogP) is 3.51. The Morgan fingerprint density at radius 2 is 1.56 bits per heavy atom. The number of hydrogen-bond donors (Lipinski definition) is 0. The molecule has 0 aromatic carbocycles. The molecule has 0 aliphatic carbocycles. The number of pyridine rings is 2. The van der Waals surface area contributed by atoms with Gasteiger partial charge in [-0.2, -0.15) is 4.57 Å². The fourth-order valence-corrected chi connectivity index (χ4v) is 3.83. The lowest BCUT2D eigenvalue weighted by Crippen LogP contribution is -2.36. The Hall–Kier alpha value is -1.79. The van der Waals surface area contributed by atoms with E-state index in [0.29, 0.717) is 0 Å². The van der Waals surface area contributed by atoms with Gasteiger partial charge in [-0.1, -0.05) is 41.5 Å². The van der Waals surface area contributed by atoms with Crippen molar-refractivity contribution in [1.29, 1.82) is 0 Å². The van der Waals surface area contributed by atoms with Gasteiger partial charge >= 0.3 is 0 Å². The third-order valence-corrected chi connectivity index (χ3v) is 6.45. The maximum absolute atomic E-state index is 12.8. The van der Waals surface area contributed by atoms with E-state index in [1.165, 1.54) is 4.31 Å². The highest BCUT2D eigenvalue weighted by Gasteiger charge is 2.28. The quantitative estimate of drug-likeness (QED) is 0.754. The molecule has 0 saturated carbocycles. The zero-order valence-electron chi connectivity index (χ0n) is 18.0. The van der Waals surface area contributed by atoms with Crippen molar-refractivity contribution in [1.82, 2.24) is 9.29 Å². The molecule has 0 spiro atoms. The van der Waals surface area contributed by atoms with Crippen molar-refractivity contribution in [3.05, 3.63) is 47.5 Å². The highest BCUT2D eigenvalue weighted by atomic mass is 32.2. The normalized spacial score (nSPS) is 13.3. The van der Waals surface area contributed by atoms with E-state index in [-0.39, 0.29) is 15.7 Å². The molecule has 0 unspecified atom stereocenters. The van der Waals surface area contributed by atoms with Crippen molar-refractivity contribution in [3.63, 3.8) is 0 Å². The van der Waals surface area contributed by atoms with E-state index in [9.17, 15) is 8.42 Å². The van der Waals surface area contributed by atoms with Gasteiger partial charge in [0.2, 0.25) is 15.7 Å². The topological polar surface area (TPSA) is 54.2 Å². The van der Waals surface area contributed by atoms with Crippen LogP contribution in [0.15, 0.2) is 35.6 Å². The number of sulfonamides is 1. The Balaban J connectivity index is 2.78. The van der Waals surface area contributed by atoms with Gasteiger partial charge in [-0.25, -0.2) is 12.7 Å². The molecule has 2 aromatic heterocycles. The van der Waals surface area contributed by atoms with Crippen LogP contribution in [0, 0.1) is 6.92 Å². The van der Waals surface area contributed by atoms with Gasteiger partial charge in [0, 0.05) is 31.4 Å². The molecule has 27 heavy (non-hydrogen) atoms. The molecule has 2 heterocycles. The van der Waals surface area contributed by atoms with Gasteiger partial charge in [0.1, 0.15) is 4.90 Å². The minimum atomic E-state index is -3.54. The average Bonchev–Trinajstić information content (AvgIpc) is 2.52. The van der Waals surface area contributed by atoms with Crippen LogP contribution in [0.25, 0.3) is 5.69 Å². The highest BCUT2D eigenvalue weighted by Crippen LogP contribution is 2.27. The summed E-state index contributed by atoms with van der Waals surface area (Å²) in [7, 11) is -0.444. The minimum absolute atomic E-state index is 0.0478. The first-order chi connectivity index (χ1) is 12.1. The summed E-state index contributed by atoms with van der Waals surface area (Å²) in [6.45, 7) is 14.7. The van der Waals surface area contributed by atoms with Crippen LogP contribution >= 0.6 is 0 Å². The third kappa shape index (κ3) is 4.55. The lowest BCUT2D eigenvalue weighted by atomic mass is 9.86. The van der Waals surface area contributed by atoms with Gasteiger partial charge in [0.25, 0.3) is 0 Å². The molecule has 0 aliphatic rings. The summed E-state index contributed by atoms with van der Waals surface area (Å²) in [5, 5.41) is 0. The largest absolute Gasteiger partial charge is 0.254 e. The Kier molecular flexibility index (Phi) is 5.56. The van der Waals surface area contributed by atoms with Crippen LogP contribution in [0.2, 0.25) is 0 Å². The van der Waals surface area contributed by atoms with Crippen molar-refractivity contribution in [3.8, 4) is 5.69 Å². The summed E-state index contributed by atoms with van der Waals surface area (Å²) < 4.78 is 28.7. The van der Waals surface area contributed by atoms with Gasteiger partial charge in [-0.3, -0.25) is 4.98 Å². The summed E-state index contributed by atoms with van der Waals surface area (Å²) in [4.78, 5) is 4.84. The second-order valence-corrected chi connectivity index (χ2v) is 11.4. The van der Waals surface area contributed by atoms with Gasteiger partial charge < -0.3 is 0 Å². The summed E-state index contributed by atoms with van der Waals surface area (Å²) in [6.07, 6.45) is 5.46. The van der Waals surface area contributed by atoms with E-state index in [4.69, 9.17) is 0 Å². The van der Waals surface area contributed by atoms with Crippen LogP contribution in [0.4, 0.5) is 0 Å². The standard InChI is InChI=1S/C21H32N3O2S/c1-15-19(21(5,6)7)11-17(12-22-15)24-13-16(20(2,3)4)10-18(14-24)27(25,26)23(8)9/h10-14H,1-9H3/q+1. The van der Waals surface area contributed by atoms with E-state index in [0.717, 1.165) is 22.5 Å². The Labute approximate surface area is 164 Å². The summed E-state index contributed by atoms with van der Waals surface area (Å²) >= 11 is 0. The third-order valence-electron chi connectivity index (χ3n) is 4.67. The van der Waals surface area contributed by atoms with E-state index < -0.39 is 10.0 Å². The van der Waals surface area contributed by atoms with Crippen LogP contribution in [-0.4, -0.2) is 31.8 Å². The molecule has 0 fully saturated rings. The molecular weight excluding hydrogens is 358 g/mol. The number of aryl methyl sites for hydroxylation is 1. The van der Waals surface area contributed by atoms with Crippen LogP contribution in [0.1, 0.15) is 58.4 Å². The molecule has 148 valence electrons. The summed E-state index contributed by atoms with van der Waals surface area (Å²) in [5.74, 6) is 0. The molecular formula is C21H32N3O2S+. The van der Waals surface area contributed by atoms with Crippen LogP contribution in [0.5, 0.6) is 0 Å². The Morgan fingerprint density at radius 3 is 2.04 bits per heavy atom. The number of hydrogen-bond acceptors (Lipinski definition) is 3. The molecule has 2 rings (SSSR count). The van der Waals surface area contributed by atoms with Crippen LogP contribution in [0.3, 0.4) is 0 Å². The lowest BCUT2D eigenvalue weighted by Gasteiger charge is -2.21. The first kappa shape index (κ1) is 21.5. The van der Waals surface area contributed by atoms with Gasteiger partial charge in [0.15, 0.2) is 12.4 Å². The Bertz CT molecular complexity index is 950.